The Morgan fingerprint density at radius 2 is 2.15 bits per heavy atom. The number of rotatable bonds is 2. The average molecular weight is 353 g/mol. The molecule has 0 fully saturated rings. The van der Waals surface area contributed by atoms with E-state index < -0.39 is 5.66 Å². The molecular weight excluding hydrogens is 336 g/mol. The molecule has 1 unspecified atom stereocenters. The number of anilines is 1. The van der Waals surface area contributed by atoms with Gasteiger partial charge in [-0.05, 0) is 54.9 Å². The van der Waals surface area contributed by atoms with Crippen molar-refractivity contribution in [2.24, 2.45) is 0 Å². The molecule has 0 spiro atoms. The second-order valence-corrected chi connectivity index (χ2v) is 8.35. The number of halogens is 1. The quantitative estimate of drug-likeness (QED) is 0.862. The summed E-state index contributed by atoms with van der Waals surface area (Å²) >= 11 is 5.27. The Balaban J connectivity index is 2.06. The van der Waals surface area contributed by atoms with Crippen LogP contribution in [0.3, 0.4) is 0 Å². The van der Waals surface area contributed by atoms with E-state index in [1.54, 1.807) is 17.5 Å². The summed E-state index contributed by atoms with van der Waals surface area (Å²) in [5, 5.41) is 11.5. The van der Waals surface area contributed by atoms with Crippen LogP contribution in [0.4, 0.5) is 5.82 Å². The first-order valence-corrected chi connectivity index (χ1v) is 8.05. The van der Waals surface area contributed by atoms with Crippen molar-refractivity contribution in [3.63, 3.8) is 0 Å². The highest BCUT2D eigenvalue weighted by atomic mass is 79.9. The van der Waals surface area contributed by atoms with Crippen LogP contribution in [0.15, 0.2) is 34.3 Å². The summed E-state index contributed by atoms with van der Waals surface area (Å²) in [4.78, 5) is 1.21. The lowest BCUT2D eigenvalue weighted by Crippen LogP contribution is -2.56. The molecule has 1 aliphatic heterocycles. The van der Waals surface area contributed by atoms with Crippen LogP contribution in [0, 0.1) is 0 Å². The lowest BCUT2D eigenvalue weighted by Gasteiger charge is -2.40. The fraction of sp³-hybridized carbons (Fsp3) is 0.357. The van der Waals surface area contributed by atoms with E-state index >= 15 is 0 Å². The van der Waals surface area contributed by atoms with Crippen LogP contribution in [0.25, 0.3) is 6.20 Å². The second-order valence-electron chi connectivity index (χ2n) is 5.89. The zero-order valence-electron chi connectivity index (χ0n) is 11.6. The third-order valence-corrected chi connectivity index (χ3v) is 4.75. The first-order valence-electron chi connectivity index (χ1n) is 6.44. The molecule has 6 heteroatoms. The SMILES string of the molecule is CC(C)(C)NC1(c2ccc(Br)s2)C=Cn2nccc2N1. The Bertz CT molecular complexity index is 652. The van der Waals surface area contributed by atoms with Crippen molar-refractivity contribution in [3.8, 4) is 0 Å². The van der Waals surface area contributed by atoms with Gasteiger partial charge in [0, 0.05) is 17.8 Å². The van der Waals surface area contributed by atoms with E-state index in [1.807, 2.05) is 16.9 Å². The molecule has 2 aromatic rings. The van der Waals surface area contributed by atoms with E-state index in [9.17, 15) is 0 Å². The predicted molar refractivity (Wildman–Crippen MR) is 87.8 cm³/mol. The monoisotopic (exact) mass is 352 g/mol. The van der Waals surface area contributed by atoms with Crippen LogP contribution in [0.5, 0.6) is 0 Å². The summed E-state index contributed by atoms with van der Waals surface area (Å²) in [6.45, 7) is 6.50. The van der Waals surface area contributed by atoms with Gasteiger partial charge in [-0.15, -0.1) is 11.3 Å². The van der Waals surface area contributed by atoms with E-state index in [0.717, 1.165) is 9.60 Å². The maximum absolute atomic E-state index is 4.25. The Morgan fingerprint density at radius 1 is 1.35 bits per heavy atom. The summed E-state index contributed by atoms with van der Waals surface area (Å²) < 4.78 is 2.96. The van der Waals surface area contributed by atoms with E-state index in [4.69, 9.17) is 0 Å². The molecule has 0 bridgehead atoms. The highest BCUT2D eigenvalue weighted by Crippen LogP contribution is 2.36. The van der Waals surface area contributed by atoms with Crippen molar-refractivity contribution < 1.29 is 0 Å². The minimum absolute atomic E-state index is 0.0317. The van der Waals surface area contributed by atoms with E-state index in [0.29, 0.717) is 0 Å². The fourth-order valence-corrected chi connectivity index (χ4v) is 3.82. The van der Waals surface area contributed by atoms with Gasteiger partial charge in [-0.1, -0.05) is 0 Å². The summed E-state index contributed by atoms with van der Waals surface area (Å²) in [6.07, 6.45) is 5.92. The molecule has 1 aliphatic rings. The molecule has 3 rings (SSSR count). The van der Waals surface area contributed by atoms with Crippen molar-refractivity contribution in [1.29, 1.82) is 0 Å². The van der Waals surface area contributed by atoms with Crippen LogP contribution < -0.4 is 10.6 Å². The van der Waals surface area contributed by atoms with Crippen molar-refractivity contribution >= 4 is 39.3 Å². The van der Waals surface area contributed by atoms with Gasteiger partial charge in [-0.3, -0.25) is 5.32 Å². The topological polar surface area (TPSA) is 41.9 Å². The zero-order chi connectivity index (χ0) is 14.4. The van der Waals surface area contributed by atoms with Gasteiger partial charge in [-0.2, -0.15) is 5.10 Å². The van der Waals surface area contributed by atoms with E-state index in [1.165, 1.54) is 4.88 Å². The number of nitrogens with one attached hydrogen (secondary N) is 2. The molecule has 1 atom stereocenters. The van der Waals surface area contributed by atoms with Crippen LogP contribution in [-0.4, -0.2) is 15.3 Å². The molecule has 106 valence electrons. The maximum atomic E-state index is 4.25. The second kappa shape index (κ2) is 4.72. The van der Waals surface area contributed by atoms with E-state index in [2.05, 4.69) is 70.6 Å². The summed E-state index contributed by atoms with van der Waals surface area (Å²) in [5.74, 6) is 0.980. The van der Waals surface area contributed by atoms with Gasteiger partial charge in [0.15, 0.2) is 0 Å². The van der Waals surface area contributed by atoms with Gasteiger partial charge >= 0.3 is 0 Å². The molecule has 0 amide bonds. The molecule has 20 heavy (non-hydrogen) atoms. The average Bonchev–Trinajstić information content (AvgIpc) is 2.94. The molecule has 0 saturated carbocycles. The van der Waals surface area contributed by atoms with Gasteiger partial charge in [0.25, 0.3) is 0 Å². The molecule has 0 radical (unpaired) electrons. The number of aromatic nitrogens is 2. The molecular formula is C14H17BrN4S. The Kier molecular flexibility index (Phi) is 3.27. The number of nitrogens with zero attached hydrogens (tertiary/aromatic N) is 2. The third kappa shape index (κ3) is 2.55. The Hall–Kier alpha value is -1.11. The number of hydrogen-bond acceptors (Lipinski definition) is 4. The Morgan fingerprint density at radius 3 is 2.80 bits per heavy atom. The highest BCUT2D eigenvalue weighted by molar-refractivity contribution is 9.11. The summed E-state index contributed by atoms with van der Waals surface area (Å²) in [6, 6.07) is 6.19. The van der Waals surface area contributed by atoms with Gasteiger partial charge in [-0.25, -0.2) is 4.68 Å². The van der Waals surface area contributed by atoms with Gasteiger partial charge < -0.3 is 5.32 Å². The minimum atomic E-state index is -0.412. The standard InChI is InChI=1S/C14H17BrN4S/c1-13(2,3)18-14(10-4-5-11(15)20-10)7-9-19-12(17-14)6-8-16-19/h4-9,17-18H,1-3H3. The molecule has 2 N–H and O–H groups in total. The first kappa shape index (κ1) is 13.9. The molecule has 0 saturated heterocycles. The first-order chi connectivity index (χ1) is 9.38. The largest absolute Gasteiger partial charge is 0.344 e. The molecule has 2 aromatic heterocycles. The lowest BCUT2D eigenvalue weighted by atomic mass is 10.00. The lowest BCUT2D eigenvalue weighted by molar-refractivity contribution is 0.324. The van der Waals surface area contributed by atoms with Crippen LogP contribution in [-0.2, 0) is 5.66 Å². The Labute approximate surface area is 131 Å². The molecule has 4 nitrogen and oxygen atoms in total. The van der Waals surface area contributed by atoms with Gasteiger partial charge in [0.05, 0.1) is 14.9 Å². The summed E-state index contributed by atoms with van der Waals surface area (Å²) in [7, 11) is 0. The van der Waals surface area contributed by atoms with E-state index in [-0.39, 0.29) is 5.54 Å². The number of thiophene rings is 1. The number of hydrogen-bond donors (Lipinski definition) is 2. The molecule has 0 aromatic carbocycles. The van der Waals surface area contributed by atoms with Gasteiger partial charge in [0.1, 0.15) is 11.5 Å². The van der Waals surface area contributed by atoms with Crippen molar-refractivity contribution in [2.45, 2.75) is 32.0 Å². The van der Waals surface area contributed by atoms with Crippen molar-refractivity contribution in [2.75, 3.05) is 5.32 Å². The zero-order valence-corrected chi connectivity index (χ0v) is 14.0. The van der Waals surface area contributed by atoms with Crippen LogP contribution >= 0.6 is 27.3 Å². The smallest absolute Gasteiger partial charge is 0.147 e. The minimum Gasteiger partial charge on any atom is -0.344 e. The van der Waals surface area contributed by atoms with Gasteiger partial charge in [0.2, 0.25) is 0 Å². The molecule has 3 heterocycles. The number of fused-ring (bicyclic) bond motifs is 1. The third-order valence-electron chi connectivity index (χ3n) is 3.00. The van der Waals surface area contributed by atoms with Crippen molar-refractivity contribution in [3.05, 3.63) is 39.1 Å². The summed E-state index contributed by atoms with van der Waals surface area (Å²) in [5.41, 5.74) is -0.443. The van der Waals surface area contributed by atoms with Crippen LogP contribution in [0.1, 0.15) is 25.6 Å². The fourth-order valence-electron chi connectivity index (χ4n) is 2.35. The van der Waals surface area contributed by atoms with Crippen molar-refractivity contribution in [1.82, 2.24) is 15.1 Å². The highest BCUT2D eigenvalue weighted by Gasteiger charge is 2.37. The predicted octanol–water partition coefficient (Wildman–Crippen LogP) is 3.84. The normalized spacial score (nSPS) is 21.6. The molecule has 0 aliphatic carbocycles. The van der Waals surface area contributed by atoms with Crippen LogP contribution in [0.2, 0.25) is 0 Å². The maximum Gasteiger partial charge on any atom is 0.147 e.